The third-order valence-electron chi connectivity index (χ3n) is 4.19. The Morgan fingerprint density at radius 3 is 2.71 bits per heavy atom. The molecule has 1 amide bonds. The molecular formula is C18H20BrN3OS. The molecule has 0 spiro atoms. The number of piperidine rings is 1. The Morgan fingerprint density at radius 1 is 1.29 bits per heavy atom. The van der Waals surface area contributed by atoms with Gasteiger partial charge >= 0.3 is 0 Å². The van der Waals surface area contributed by atoms with Crippen LogP contribution < -0.4 is 5.43 Å². The zero-order chi connectivity index (χ0) is 16.8. The summed E-state index contributed by atoms with van der Waals surface area (Å²) in [5.41, 5.74) is 3.98. The van der Waals surface area contributed by atoms with Crippen molar-refractivity contribution in [2.45, 2.75) is 19.4 Å². The van der Waals surface area contributed by atoms with Crippen molar-refractivity contribution < 1.29 is 4.79 Å². The quantitative estimate of drug-likeness (QED) is 0.605. The van der Waals surface area contributed by atoms with Crippen molar-refractivity contribution in [2.24, 2.45) is 11.0 Å². The first-order valence-electron chi connectivity index (χ1n) is 8.04. The largest absolute Gasteiger partial charge is 0.299 e. The molecule has 1 aromatic carbocycles. The molecule has 0 unspecified atom stereocenters. The van der Waals surface area contributed by atoms with Crippen LogP contribution in [0.5, 0.6) is 0 Å². The third kappa shape index (κ3) is 5.00. The van der Waals surface area contributed by atoms with Crippen LogP contribution in [0.2, 0.25) is 0 Å². The van der Waals surface area contributed by atoms with Crippen molar-refractivity contribution in [2.75, 3.05) is 13.1 Å². The number of hydrogen-bond donors (Lipinski definition) is 1. The van der Waals surface area contributed by atoms with Gasteiger partial charge < -0.3 is 0 Å². The van der Waals surface area contributed by atoms with Gasteiger partial charge in [-0.15, -0.1) is 11.3 Å². The van der Waals surface area contributed by atoms with Gasteiger partial charge in [0.05, 0.1) is 6.21 Å². The van der Waals surface area contributed by atoms with Crippen LogP contribution in [0.4, 0.5) is 0 Å². The topological polar surface area (TPSA) is 44.7 Å². The lowest BCUT2D eigenvalue weighted by Crippen LogP contribution is -2.39. The van der Waals surface area contributed by atoms with E-state index in [-0.39, 0.29) is 11.8 Å². The highest BCUT2D eigenvalue weighted by atomic mass is 79.9. The number of rotatable bonds is 5. The van der Waals surface area contributed by atoms with Crippen LogP contribution in [0.25, 0.3) is 0 Å². The van der Waals surface area contributed by atoms with E-state index in [1.54, 1.807) is 17.6 Å². The molecule has 0 atom stereocenters. The summed E-state index contributed by atoms with van der Waals surface area (Å²) in [4.78, 5) is 15.6. The van der Waals surface area contributed by atoms with Crippen molar-refractivity contribution in [3.8, 4) is 0 Å². The number of hydrogen-bond acceptors (Lipinski definition) is 4. The monoisotopic (exact) mass is 405 g/mol. The van der Waals surface area contributed by atoms with E-state index in [0.717, 1.165) is 41.8 Å². The van der Waals surface area contributed by atoms with E-state index < -0.39 is 0 Å². The second-order valence-electron chi connectivity index (χ2n) is 5.93. The van der Waals surface area contributed by atoms with Crippen molar-refractivity contribution in [1.29, 1.82) is 0 Å². The lowest BCUT2D eigenvalue weighted by Gasteiger charge is -2.30. The van der Waals surface area contributed by atoms with E-state index in [9.17, 15) is 4.79 Å². The number of benzene rings is 1. The van der Waals surface area contributed by atoms with Gasteiger partial charge in [0.1, 0.15) is 0 Å². The Bertz CT molecular complexity index is 677. The number of halogens is 1. The average molecular weight is 406 g/mol. The van der Waals surface area contributed by atoms with Crippen LogP contribution in [0, 0.1) is 5.92 Å². The summed E-state index contributed by atoms with van der Waals surface area (Å²) < 4.78 is 1.10. The predicted molar refractivity (Wildman–Crippen MR) is 102 cm³/mol. The first-order chi connectivity index (χ1) is 11.7. The first-order valence-corrected chi connectivity index (χ1v) is 9.71. The fourth-order valence-electron chi connectivity index (χ4n) is 2.82. The van der Waals surface area contributed by atoms with Gasteiger partial charge in [-0.3, -0.25) is 9.69 Å². The van der Waals surface area contributed by atoms with Gasteiger partial charge in [-0.25, -0.2) is 5.43 Å². The average Bonchev–Trinajstić information content (AvgIpc) is 3.11. The zero-order valence-electron chi connectivity index (χ0n) is 13.3. The Balaban J connectivity index is 1.42. The molecule has 2 aromatic rings. The van der Waals surface area contributed by atoms with E-state index in [1.807, 2.05) is 17.5 Å². The minimum Gasteiger partial charge on any atom is -0.299 e. The fourth-order valence-corrected chi connectivity index (χ4v) is 3.67. The van der Waals surface area contributed by atoms with Gasteiger partial charge in [0.15, 0.2) is 0 Å². The summed E-state index contributed by atoms with van der Waals surface area (Å²) in [6.07, 6.45) is 3.47. The van der Waals surface area contributed by atoms with Crippen LogP contribution in [-0.4, -0.2) is 30.1 Å². The summed E-state index contributed by atoms with van der Waals surface area (Å²) in [7, 11) is 0. The Labute approximate surface area is 154 Å². The molecule has 6 heteroatoms. The Morgan fingerprint density at radius 2 is 2.04 bits per heavy atom. The molecule has 2 heterocycles. The van der Waals surface area contributed by atoms with Crippen LogP contribution >= 0.6 is 27.3 Å². The van der Waals surface area contributed by atoms with Crippen molar-refractivity contribution in [1.82, 2.24) is 10.3 Å². The molecule has 1 aliphatic heterocycles. The molecular weight excluding hydrogens is 386 g/mol. The lowest BCUT2D eigenvalue weighted by atomic mass is 9.96. The molecule has 1 fully saturated rings. The number of amides is 1. The minimum atomic E-state index is 0.0334. The van der Waals surface area contributed by atoms with Gasteiger partial charge in [0.2, 0.25) is 5.91 Å². The number of carbonyl (C=O) groups is 1. The molecule has 0 bridgehead atoms. The van der Waals surface area contributed by atoms with Crippen molar-refractivity contribution in [3.63, 3.8) is 0 Å². The van der Waals surface area contributed by atoms with Crippen LogP contribution in [-0.2, 0) is 11.3 Å². The smallest absolute Gasteiger partial charge is 0.243 e. The summed E-state index contributed by atoms with van der Waals surface area (Å²) in [5, 5.41) is 6.04. The van der Waals surface area contributed by atoms with E-state index in [2.05, 4.69) is 55.6 Å². The molecule has 126 valence electrons. The van der Waals surface area contributed by atoms with Crippen molar-refractivity contribution >= 4 is 39.4 Å². The highest BCUT2D eigenvalue weighted by Crippen LogP contribution is 2.20. The van der Waals surface area contributed by atoms with Crippen LogP contribution in [0.1, 0.15) is 23.3 Å². The van der Waals surface area contributed by atoms with E-state index in [4.69, 9.17) is 0 Å². The Hall–Kier alpha value is -1.50. The standard InChI is InChI=1S/C18H20BrN3OS/c19-16-5-3-14(4-6-16)13-22-9-7-15(8-10-22)18(23)21-20-12-17-2-1-11-24-17/h1-6,11-12,15H,7-10,13H2,(H,21,23). The minimum absolute atomic E-state index is 0.0334. The van der Waals surface area contributed by atoms with E-state index >= 15 is 0 Å². The van der Waals surface area contributed by atoms with Gasteiger partial charge in [0.25, 0.3) is 0 Å². The second kappa shape index (κ2) is 8.55. The number of thiophene rings is 1. The van der Waals surface area contributed by atoms with Gasteiger partial charge in [-0.2, -0.15) is 5.10 Å². The third-order valence-corrected chi connectivity index (χ3v) is 5.52. The lowest BCUT2D eigenvalue weighted by molar-refractivity contribution is -0.126. The van der Waals surface area contributed by atoms with Gasteiger partial charge in [-0.1, -0.05) is 34.1 Å². The molecule has 1 aliphatic rings. The predicted octanol–water partition coefficient (Wildman–Crippen LogP) is 3.87. The van der Waals surface area contributed by atoms with Gasteiger partial charge in [0, 0.05) is 21.8 Å². The van der Waals surface area contributed by atoms with Crippen molar-refractivity contribution in [3.05, 3.63) is 56.7 Å². The highest BCUT2D eigenvalue weighted by molar-refractivity contribution is 9.10. The molecule has 0 aliphatic carbocycles. The molecule has 1 saturated heterocycles. The summed E-state index contributed by atoms with van der Waals surface area (Å²) in [6.45, 7) is 2.84. The molecule has 0 radical (unpaired) electrons. The maximum Gasteiger partial charge on any atom is 0.243 e. The fraction of sp³-hybridized carbons (Fsp3) is 0.333. The normalized spacial score (nSPS) is 16.5. The summed E-state index contributed by atoms with van der Waals surface area (Å²) in [5.74, 6) is 0.0951. The number of carbonyl (C=O) groups excluding carboxylic acids is 1. The van der Waals surface area contributed by atoms with Gasteiger partial charge in [-0.05, 0) is 55.1 Å². The number of hydrazone groups is 1. The number of likely N-dealkylation sites (tertiary alicyclic amines) is 1. The summed E-state index contributed by atoms with van der Waals surface area (Å²) >= 11 is 5.06. The zero-order valence-corrected chi connectivity index (χ0v) is 15.7. The SMILES string of the molecule is O=C(NN=Cc1cccs1)C1CCN(Cc2ccc(Br)cc2)CC1. The molecule has 1 N–H and O–H groups in total. The second-order valence-corrected chi connectivity index (χ2v) is 7.82. The maximum atomic E-state index is 12.2. The number of nitrogens with zero attached hydrogens (tertiary/aromatic N) is 2. The summed E-state index contributed by atoms with van der Waals surface area (Å²) in [6, 6.07) is 12.4. The van der Waals surface area contributed by atoms with Crippen LogP contribution in [0.15, 0.2) is 51.4 Å². The highest BCUT2D eigenvalue weighted by Gasteiger charge is 2.24. The molecule has 0 saturated carbocycles. The first kappa shape index (κ1) is 17.3. The molecule has 1 aromatic heterocycles. The Kier molecular flexibility index (Phi) is 6.18. The van der Waals surface area contributed by atoms with E-state index in [1.165, 1.54) is 5.56 Å². The molecule has 3 rings (SSSR count). The van der Waals surface area contributed by atoms with E-state index in [0.29, 0.717) is 0 Å². The molecule has 24 heavy (non-hydrogen) atoms. The number of nitrogens with one attached hydrogen (secondary N) is 1. The maximum absolute atomic E-state index is 12.2. The molecule has 4 nitrogen and oxygen atoms in total. The van der Waals surface area contributed by atoms with Crippen LogP contribution in [0.3, 0.4) is 0 Å².